The Kier molecular flexibility index (Phi) is 3.30. The van der Waals surface area contributed by atoms with Crippen LogP contribution in [-0.4, -0.2) is 52.6 Å². The van der Waals surface area contributed by atoms with Gasteiger partial charge in [0.1, 0.15) is 23.2 Å². The number of hydrogen-bond donors (Lipinski definition) is 2. The van der Waals surface area contributed by atoms with Crippen molar-refractivity contribution in [1.82, 2.24) is 4.90 Å². The SMILES string of the molecule is Cc1cc(O)c2c(c1)O[C@@]1(C(=O)N(C)C)C(=CC=C[C@H]1O)C2=O. The third kappa shape index (κ3) is 1.98. The molecule has 2 N–H and O–H groups in total. The van der Waals surface area contributed by atoms with Crippen LogP contribution in [0.4, 0.5) is 0 Å². The zero-order valence-electron chi connectivity index (χ0n) is 13.0. The van der Waals surface area contributed by atoms with Crippen LogP contribution in [0.1, 0.15) is 15.9 Å². The maximum absolute atomic E-state index is 12.8. The predicted molar refractivity (Wildman–Crippen MR) is 82.5 cm³/mol. The summed E-state index contributed by atoms with van der Waals surface area (Å²) in [4.78, 5) is 26.8. The van der Waals surface area contributed by atoms with Gasteiger partial charge < -0.3 is 19.8 Å². The Morgan fingerprint density at radius 1 is 1.35 bits per heavy atom. The summed E-state index contributed by atoms with van der Waals surface area (Å²) in [6.45, 7) is 1.73. The number of ketones is 1. The van der Waals surface area contributed by atoms with E-state index in [1.807, 2.05) is 0 Å². The van der Waals surface area contributed by atoms with Gasteiger partial charge in [-0.05, 0) is 24.6 Å². The lowest BCUT2D eigenvalue weighted by Crippen LogP contribution is -2.62. The van der Waals surface area contributed by atoms with Gasteiger partial charge >= 0.3 is 0 Å². The van der Waals surface area contributed by atoms with Gasteiger partial charge in [0.15, 0.2) is 0 Å². The van der Waals surface area contributed by atoms with E-state index in [0.717, 1.165) is 0 Å². The predicted octanol–water partition coefficient (Wildman–Crippen LogP) is 0.960. The normalized spacial score (nSPS) is 25.1. The van der Waals surface area contributed by atoms with Crippen molar-refractivity contribution in [2.24, 2.45) is 0 Å². The highest BCUT2D eigenvalue weighted by atomic mass is 16.5. The fraction of sp³-hybridized carbons (Fsp3) is 0.294. The first kappa shape index (κ1) is 15.3. The van der Waals surface area contributed by atoms with Crippen molar-refractivity contribution >= 4 is 11.7 Å². The Hall–Kier alpha value is -2.60. The van der Waals surface area contributed by atoms with Crippen LogP contribution in [0.15, 0.2) is 35.9 Å². The molecule has 120 valence electrons. The van der Waals surface area contributed by atoms with Gasteiger partial charge in [0, 0.05) is 14.1 Å². The summed E-state index contributed by atoms with van der Waals surface area (Å²) in [6, 6.07) is 3.02. The molecule has 1 aliphatic heterocycles. The Morgan fingerprint density at radius 3 is 2.70 bits per heavy atom. The number of Topliss-reactive ketones (excluding diaryl/α,β-unsaturated/α-hetero) is 1. The molecular formula is C17H17NO5. The molecule has 0 radical (unpaired) electrons. The number of amides is 1. The highest BCUT2D eigenvalue weighted by molar-refractivity contribution is 6.19. The summed E-state index contributed by atoms with van der Waals surface area (Å²) in [5, 5.41) is 20.5. The van der Waals surface area contributed by atoms with Gasteiger partial charge in [-0.2, -0.15) is 0 Å². The molecular weight excluding hydrogens is 298 g/mol. The van der Waals surface area contributed by atoms with Gasteiger partial charge in [0.05, 0.1) is 5.57 Å². The summed E-state index contributed by atoms with van der Waals surface area (Å²) in [7, 11) is 3.05. The van der Waals surface area contributed by atoms with Crippen LogP contribution in [0.3, 0.4) is 0 Å². The summed E-state index contributed by atoms with van der Waals surface area (Å²) < 4.78 is 5.85. The van der Waals surface area contributed by atoms with Crippen LogP contribution in [0, 0.1) is 6.92 Å². The number of aryl methyl sites for hydroxylation is 1. The molecule has 1 amide bonds. The number of aliphatic hydroxyl groups is 1. The fourth-order valence-corrected chi connectivity index (χ4v) is 3.00. The number of fused-ring (bicyclic) bond motifs is 2. The van der Waals surface area contributed by atoms with Crippen LogP contribution >= 0.6 is 0 Å². The first-order valence-electron chi connectivity index (χ1n) is 7.15. The molecule has 23 heavy (non-hydrogen) atoms. The van der Waals surface area contributed by atoms with Crippen molar-refractivity contribution in [3.8, 4) is 11.5 Å². The van der Waals surface area contributed by atoms with Crippen LogP contribution in [0.25, 0.3) is 0 Å². The monoisotopic (exact) mass is 315 g/mol. The van der Waals surface area contributed by atoms with Crippen molar-refractivity contribution in [3.05, 3.63) is 47.1 Å². The minimum Gasteiger partial charge on any atom is -0.507 e. The molecule has 0 bridgehead atoms. The highest BCUT2D eigenvalue weighted by Gasteiger charge is 2.57. The van der Waals surface area contributed by atoms with E-state index in [2.05, 4.69) is 0 Å². The molecule has 0 saturated carbocycles. The lowest BCUT2D eigenvalue weighted by Gasteiger charge is -2.43. The zero-order valence-corrected chi connectivity index (χ0v) is 13.0. The maximum Gasteiger partial charge on any atom is 0.274 e. The molecule has 0 saturated heterocycles. The van der Waals surface area contributed by atoms with Gasteiger partial charge in [-0.15, -0.1) is 0 Å². The second-order valence-corrected chi connectivity index (χ2v) is 5.93. The molecule has 6 nitrogen and oxygen atoms in total. The van der Waals surface area contributed by atoms with Crippen LogP contribution in [0.5, 0.6) is 11.5 Å². The number of phenols is 1. The number of phenolic OH excluding ortho intramolecular Hbond substituents is 1. The Bertz CT molecular complexity index is 777. The number of hydrogen-bond acceptors (Lipinski definition) is 5. The molecule has 0 spiro atoms. The molecule has 0 unspecified atom stereocenters. The van der Waals surface area contributed by atoms with E-state index in [1.54, 1.807) is 13.0 Å². The Balaban J connectivity index is 2.29. The lowest BCUT2D eigenvalue weighted by atomic mass is 9.76. The second kappa shape index (κ2) is 4.96. The first-order chi connectivity index (χ1) is 10.8. The minimum absolute atomic E-state index is 0.00605. The molecule has 1 aliphatic carbocycles. The number of nitrogens with zero attached hydrogens (tertiary/aromatic N) is 1. The largest absolute Gasteiger partial charge is 0.507 e. The number of ether oxygens (including phenoxy) is 1. The van der Waals surface area contributed by atoms with Crippen molar-refractivity contribution in [1.29, 1.82) is 0 Å². The van der Waals surface area contributed by atoms with Gasteiger partial charge in [-0.25, -0.2) is 0 Å². The summed E-state index contributed by atoms with van der Waals surface area (Å²) in [6.07, 6.45) is 3.04. The van der Waals surface area contributed by atoms with E-state index in [1.165, 1.54) is 43.3 Å². The van der Waals surface area contributed by atoms with E-state index < -0.39 is 23.4 Å². The van der Waals surface area contributed by atoms with E-state index in [4.69, 9.17) is 4.74 Å². The molecule has 1 heterocycles. The van der Waals surface area contributed by atoms with Gasteiger partial charge in [0.25, 0.3) is 5.91 Å². The maximum atomic E-state index is 12.8. The zero-order chi connectivity index (χ0) is 16.9. The number of aliphatic hydroxyl groups excluding tert-OH is 1. The first-order valence-corrected chi connectivity index (χ1v) is 7.15. The van der Waals surface area contributed by atoms with Gasteiger partial charge in [-0.1, -0.05) is 18.2 Å². The second-order valence-electron chi connectivity index (χ2n) is 5.93. The molecule has 6 heteroatoms. The highest BCUT2D eigenvalue weighted by Crippen LogP contribution is 2.45. The number of rotatable bonds is 1. The van der Waals surface area contributed by atoms with Crippen LogP contribution in [-0.2, 0) is 4.79 Å². The van der Waals surface area contributed by atoms with Crippen molar-refractivity contribution in [2.75, 3.05) is 14.1 Å². The topological polar surface area (TPSA) is 87.1 Å². The summed E-state index contributed by atoms with van der Waals surface area (Å²) in [5.41, 5.74) is -1.14. The van der Waals surface area contributed by atoms with Gasteiger partial charge in [-0.3, -0.25) is 9.59 Å². The Labute approximate surface area is 133 Å². The van der Waals surface area contributed by atoms with Gasteiger partial charge in [0.2, 0.25) is 11.4 Å². The van der Waals surface area contributed by atoms with Crippen LogP contribution in [0.2, 0.25) is 0 Å². The number of likely N-dealkylation sites (N-methyl/N-ethyl adjacent to an activating group) is 1. The summed E-state index contributed by atoms with van der Waals surface area (Å²) in [5.74, 6) is -1.18. The molecule has 1 aromatic carbocycles. The number of aromatic hydroxyl groups is 1. The quantitative estimate of drug-likeness (QED) is 0.806. The molecule has 3 rings (SSSR count). The fourth-order valence-electron chi connectivity index (χ4n) is 3.00. The van der Waals surface area contributed by atoms with Crippen molar-refractivity contribution < 1.29 is 24.5 Å². The smallest absolute Gasteiger partial charge is 0.274 e. The third-order valence-electron chi connectivity index (χ3n) is 4.07. The molecule has 2 aliphatic rings. The molecule has 0 fully saturated rings. The van der Waals surface area contributed by atoms with E-state index in [-0.39, 0.29) is 22.6 Å². The van der Waals surface area contributed by atoms with E-state index in [0.29, 0.717) is 5.56 Å². The van der Waals surface area contributed by atoms with Crippen molar-refractivity contribution in [3.63, 3.8) is 0 Å². The number of allylic oxidation sites excluding steroid dienone is 2. The minimum atomic E-state index is -1.83. The molecule has 0 aromatic heterocycles. The van der Waals surface area contributed by atoms with E-state index in [9.17, 15) is 19.8 Å². The average molecular weight is 315 g/mol. The average Bonchev–Trinajstić information content (AvgIpc) is 2.46. The molecule has 2 atom stereocenters. The van der Waals surface area contributed by atoms with Crippen LogP contribution < -0.4 is 4.74 Å². The van der Waals surface area contributed by atoms with E-state index >= 15 is 0 Å². The Morgan fingerprint density at radius 2 is 2.04 bits per heavy atom. The molecule has 1 aromatic rings. The van der Waals surface area contributed by atoms with Crippen molar-refractivity contribution in [2.45, 2.75) is 18.6 Å². The summed E-state index contributed by atoms with van der Waals surface area (Å²) >= 11 is 0. The lowest BCUT2D eigenvalue weighted by molar-refractivity contribution is -0.149. The third-order valence-corrected chi connectivity index (χ3v) is 4.07. The number of carbonyl (C=O) groups excluding carboxylic acids is 2. The number of carbonyl (C=O) groups is 2. The number of benzene rings is 1. The standard InChI is InChI=1S/C17H17NO5/c1-9-7-11(19)14-12(8-9)23-17(16(22)18(2)3)10(15(14)21)5-4-6-13(17)20/h4-8,13,19-20H,1-3H3/t13-,17+/m1/s1.